The fourth-order valence-corrected chi connectivity index (χ4v) is 1.24. The van der Waals surface area contributed by atoms with E-state index in [9.17, 15) is 13.6 Å². The summed E-state index contributed by atoms with van der Waals surface area (Å²) in [6.07, 6.45) is 0. The molecule has 4 nitrogen and oxygen atoms in total. The second-order valence-electron chi connectivity index (χ2n) is 3.95. The molecule has 0 spiro atoms. The number of hydrogen-bond donors (Lipinski definition) is 2. The van der Waals surface area contributed by atoms with E-state index in [-0.39, 0.29) is 30.0 Å². The highest BCUT2D eigenvalue weighted by molar-refractivity contribution is 5.94. The molecule has 0 radical (unpaired) electrons. The highest BCUT2D eigenvalue weighted by atomic mass is 35.5. The third kappa shape index (κ3) is 6.35. The lowest BCUT2D eigenvalue weighted by Crippen LogP contribution is -2.31. The molecular formula is C12H17ClF2N2O2. The van der Waals surface area contributed by atoms with Crippen molar-refractivity contribution in [1.82, 2.24) is 5.32 Å². The van der Waals surface area contributed by atoms with E-state index in [1.807, 2.05) is 6.92 Å². The first-order valence-electron chi connectivity index (χ1n) is 5.56. The van der Waals surface area contributed by atoms with E-state index in [2.05, 4.69) is 10.1 Å². The second-order valence-corrected chi connectivity index (χ2v) is 3.95. The summed E-state index contributed by atoms with van der Waals surface area (Å²) in [5, 5.41) is 2.70. The van der Waals surface area contributed by atoms with E-state index in [1.165, 1.54) is 24.3 Å². The van der Waals surface area contributed by atoms with Crippen LogP contribution in [0.1, 0.15) is 17.3 Å². The molecule has 0 fully saturated rings. The van der Waals surface area contributed by atoms with Crippen LogP contribution in [0.4, 0.5) is 8.78 Å². The molecular weight excluding hydrogens is 278 g/mol. The molecule has 0 saturated carbocycles. The normalized spacial score (nSPS) is 11.6. The summed E-state index contributed by atoms with van der Waals surface area (Å²) in [6.45, 7) is 0.0152. The summed E-state index contributed by atoms with van der Waals surface area (Å²) in [4.78, 5) is 11.7. The summed E-state index contributed by atoms with van der Waals surface area (Å²) in [6, 6.07) is 5.52. The van der Waals surface area contributed by atoms with Gasteiger partial charge in [-0.15, -0.1) is 12.4 Å². The Balaban J connectivity index is 0.00000324. The lowest BCUT2D eigenvalue weighted by Gasteiger charge is -2.10. The lowest BCUT2D eigenvalue weighted by atomic mass is 10.1. The standard InChI is InChI=1S/C12H16F2N2O2.ClH/c1-8(6-15)7-16-11(17)9-2-4-10(5-3-9)18-12(13)14;/h2-5,8,12H,6-7,15H2,1H3,(H,16,17);1H. The van der Waals surface area contributed by atoms with E-state index >= 15 is 0 Å². The number of halogens is 3. The predicted octanol–water partition coefficient (Wildman–Crippen LogP) is 2.03. The highest BCUT2D eigenvalue weighted by Gasteiger charge is 2.08. The highest BCUT2D eigenvalue weighted by Crippen LogP contribution is 2.14. The number of nitrogens with two attached hydrogens (primary N) is 1. The van der Waals surface area contributed by atoms with Crippen molar-refractivity contribution in [1.29, 1.82) is 0 Å². The van der Waals surface area contributed by atoms with Crippen LogP contribution in [0.15, 0.2) is 24.3 Å². The van der Waals surface area contributed by atoms with Crippen molar-refractivity contribution < 1.29 is 18.3 Å². The zero-order chi connectivity index (χ0) is 13.5. The molecule has 0 aliphatic heterocycles. The predicted molar refractivity (Wildman–Crippen MR) is 70.9 cm³/mol. The molecule has 0 aliphatic carbocycles. The topological polar surface area (TPSA) is 64.3 Å². The average Bonchev–Trinajstić information content (AvgIpc) is 2.35. The third-order valence-electron chi connectivity index (χ3n) is 2.36. The molecule has 0 aliphatic rings. The molecule has 0 saturated heterocycles. The van der Waals surface area contributed by atoms with E-state index in [1.54, 1.807) is 0 Å². The minimum Gasteiger partial charge on any atom is -0.435 e. The smallest absolute Gasteiger partial charge is 0.387 e. The van der Waals surface area contributed by atoms with Crippen molar-refractivity contribution in [3.8, 4) is 5.75 Å². The molecule has 1 rings (SSSR count). The number of ether oxygens (including phenoxy) is 1. The first-order valence-corrected chi connectivity index (χ1v) is 5.56. The number of carbonyl (C=O) groups excluding carboxylic acids is 1. The van der Waals surface area contributed by atoms with Gasteiger partial charge in [0.05, 0.1) is 0 Å². The molecule has 1 aromatic carbocycles. The van der Waals surface area contributed by atoms with Crippen molar-refractivity contribution in [2.75, 3.05) is 13.1 Å². The summed E-state index contributed by atoms with van der Waals surface area (Å²) in [5.41, 5.74) is 5.81. The van der Waals surface area contributed by atoms with Gasteiger partial charge in [0, 0.05) is 12.1 Å². The maximum absolute atomic E-state index is 11.9. The van der Waals surface area contributed by atoms with Crippen LogP contribution in [0.5, 0.6) is 5.75 Å². The summed E-state index contributed by atoms with van der Waals surface area (Å²) >= 11 is 0. The Bertz CT molecular complexity index is 388. The van der Waals surface area contributed by atoms with Gasteiger partial charge in [0.2, 0.25) is 0 Å². The van der Waals surface area contributed by atoms with Gasteiger partial charge in [0.1, 0.15) is 5.75 Å². The van der Waals surface area contributed by atoms with Crippen LogP contribution in [0, 0.1) is 5.92 Å². The summed E-state index contributed by atoms with van der Waals surface area (Å²) in [5.74, 6) is -0.0498. The molecule has 0 bridgehead atoms. The van der Waals surface area contributed by atoms with Gasteiger partial charge in [0.15, 0.2) is 0 Å². The van der Waals surface area contributed by atoms with Crippen molar-refractivity contribution in [2.45, 2.75) is 13.5 Å². The zero-order valence-corrected chi connectivity index (χ0v) is 11.3. The number of rotatable bonds is 6. The van der Waals surface area contributed by atoms with Crippen LogP contribution >= 0.6 is 12.4 Å². The Hall–Kier alpha value is -1.40. The number of benzene rings is 1. The summed E-state index contributed by atoms with van der Waals surface area (Å²) < 4.78 is 28.0. The van der Waals surface area contributed by atoms with E-state index in [4.69, 9.17) is 5.73 Å². The van der Waals surface area contributed by atoms with E-state index < -0.39 is 6.61 Å². The number of alkyl halides is 2. The number of amides is 1. The van der Waals surface area contributed by atoms with Crippen LogP contribution in [0.3, 0.4) is 0 Å². The Morgan fingerprint density at radius 1 is 1.37 bits per heavy atom. The molecule has 1 aromatic rings. The maximum Gasteiger partial charge on any atom is 0.387 e. The fourth-order valence-electron chi connectivity index (χ4n) is 1.24. The van der Waals surface area contributed by atoms with Crippen molar-refractivity contribution >= 4 is 18.3 Å². The number of nitrogens with one attached hydrogen (secondary N) is 1. The van der Waals surface area contributed by atoms with Crippen molar-refractivity contribution in [2.24, 2.45) is 11.7 Å². The zero-order valence-electron chi connectivity index (χ0n) is 10.4. The van der Waals surface area contributed by atoms with Gasteiger partial charge in [-0.25, -0.2) is 0 Å². The van der Waals surface area contributed by atoms with Gasteiger partial charge in [-0.2, -0.15) is 8.78 Å². The van der Waals surface area contributed by atoms with Crippen LogP contribution in [0.25, 0.3) is 0 Å². The van der Waals surface area contributed by atoms with Gasteiger partial charge in [-0.05, 0) is 36.7 Å². The molecule has 19 heavy (non-hydrogen) atoms. The van der Waals surface area contributed by atoms with Gasteiger partial charge in [0.25, 0.3) is 5.91 Å². The van der Waals surface area contributed by atoms with Gasteiger partial charge < -0.3 is 15.8 Å². The minimum absolute atomic E-state index is 0. The van der Waals surface area contributed by atoms with Crippen LogP contribution in [0.2, 0.25) is 0 Å². The maximum atomic E-state index is 11.9. The molecule has 0 aromatic heterocycles. The largest absolute Gasteiger partial charge is 0.435 e. The van der Waals surface area contributed by atoms with Crippen LogP contribution in [-0.2, 0) is 0 Å². The van der Waals surface area contributed by atoms with Gasteiger partial charge in [-0.1, -0.05) is 6.92 Å². The Morgan fingerprint density at radius 3 is 2.42 bits per heavy atom. The van der Waals surface area contributed by atoms with E-state index in [0.29, 0.717) is 18.7 Å². The Labute approximate surface area is 116 Å². The quantitative estimate of drug-likeness (QED) is 0.844. The van der Waals surface area contributed by atoms with E-state index in [0.717, 1.165) is 0 Å². The van der Waals surface area contributed by atoms with Crippen LogP contribution in [-0.4, -0.2) is 25.6 Å². The molecule has 1 unspecified atom stereocenters. The van der Waals surface area contributed by atoms with Crippen LogP contribution < -0.4 is 15.8 Å². The molecule has 1 atom stereocenters. The molecule has 108 valence electrons. The first-order chi connectivity index (χ1) is 8.52. The van der Waals surface area contributed by atoms with Crippen molar-refractivity contribution in [3.05, 3.63) is 29.8 Å². The summed E-state index contributed by atoms with van der Waals surface area (Å²) in [7, 11) is 0. The second kappa shape index (κ2) is 8.66. The Morgan fingerprint density at radius 2 is 1.95 bits per heavy atom. The van der Waals surface area contributed by atoms with Gasteiger partial charge in [-0.3, -0.25) is 4.79 Å². The number of carbonyl (C=O) groups is 1. The van der Waals surface area contributed by atoms with Crippen molar-refractivity contribution in [3.63, 3.8) is 0 Å². The molecule has 1 amide bonds. The molecule has 0 heterocycles. The minimum atomic E-state index is -2.87. The molecule has 3 N–H and O–H groups in total. The SMILES string of the molecule is CC(CN)CNC(=O)c1ccc(OC(F)F)cc1.Cl. The third-order valence-corrected chi connectivity index (χ3v) is 2.36. The monoisotopic (exact) mass is 294 g/mol. The Kier molecular flexibility index (Phi) is 8.02. The average molecular weight is 295 g/mol. The molecule has 7 heteroatoms. The number of hydrogen-bond acceptors (Lipinski definition) is 3. The fraction of sp³-hybridized carbons (Fsp3) is 0.417. The lowest BCUT2D eigenvalue weighted by molar-refractivity contribution is -0.0498. The first kappa shape index (κ1) is 17.6. The van der Waals surface area contributed by atoms with Gasteiger partial charge >= 0.3 is 6.61 Å².